The van der Waals surface area contributed by atoms with E-state index in [0.717, 1.165) is 36.5 Å². The molecule has 1 saturated carbocycles. The molecule has 0 bridgehead atoms. The molecule has 0 radical (unpaired) electrons. The summed E-state index contributed by atoms with van der Waals surface area (Å²) in [5.41, 5.74) is 7.05. The van der Waals surface area contributed by atoms with E-state index in [4.69, 9.17) is 15.0 Å². The monoisotopic (exact) mass is 343 g/mol. The summed E-state index contributed by atoms with van der Waals surface area (Å²) in [4.78, 5) is 12.8. The Bertz CT molecular complexity index is 582. The molecule has 2 aliphatic rings. The van der Waals surface area contributed by atoms with Gasteiger partial charge in [0, 0.05) is 30.0 Å². The number of nitrogens with one attached hydrogen (secondary N) is 1. The standard InChI is InChI=1S/C16H25N3O3.ClH/c1-9-11(10(2)22-19-9)8-18-14(20)16(17)12-6-5-7-21-13(12)15(16,3)4;/h12-13H,5-8,17H2,1-4H3,(H,18,20);1H. The number of aryl methyl sites for hydroxylation is 2. The zero-order chi connectivity index (χ0) is 16.1. The van der Waals surface area contributed by atoms with Crippen LogP contribution in [0, 0.1) is 25.2 Å². The number of nitrogens with zero attached hydrogens (tertiary/aromatic N) is 1. The average molecular weight is 344 g/mol. The van der Waals surface area contributed by atoms with Crippen LogP contribution in [-0.2, 0) is 16.1 Å². The molecule has 23 heavy (non-hydrogen) atoms. The maximum Gasteiger partial charge on any atom is 0.241 e. The molecule has 130 valence electrons. The minimum Gasteiger partial charge on any atom is -0.377 e. The molecule has 3 atom stereocenters. The Morgan fingerprint density at radius 3 is 2.74 bits per heavy atom. The fraction of sp³-hybridized carbons (Fsp3) is 0.750. The first kappa shape index (κ1) is 18.2. The van der Waals surface area contributed by atoms with Crippen LogP contribution in [-0.4, -0.2) is 29.3 Å². The van der Waals surface area contributed by atoms with Crippen molar-refractivity contribution in [3.05, 3.63) is 17.0 Å². The number of fused-ring (bicyclic) bond motifs is 1. The largest absolute Gasteiger partial charge is 0.377 e. The number of hydrogen-bond acceptors (Lipinski definition) is 5. The Hall–Kier alpha value is -1.11. The van der Waals surface area contributed by atoms with E-state index in [9.17, 15) is 4.79 Å². The number of ether oxygens (including phenoxy) is 1. The lowest BCUT2D eigenvalue weighted by Gasteiger charge is -2.65. The first-order chi connectivity index (χ1) is 10.3. The van der Waals surface area contributed by atoms with E-state index in [1.165, 1.54) is 0 Å². The smallest absolute Gasteiger partial charge is 0.241 e. The third-order valence-corrected chi connectivity index (χ3v) is 5.67. The normalized spacial score (nSPS) is 31.5. The van der Waals surface area contributed by atoms with Crippen molar-refractivity contribution in [3.8, 4) is 0 Å². The maximum atomic E-state index is 12.8. The number of amides is 1. The summed E-state index contributed by atoms with van der Waals surface area (Å²) in [6.45, 7) is 8.92. The van der Waals surface area contributed by atoms with Gasteiger partial charge in [-0.3, -0.25) is 4.79 Å². The molecule has 3 N–H and O–H groups in total. The predicted octanol–water partition coefficient (Wildman–Crippen LogP) is 1.86. The molecule has 3 unspecified atom stereocenters. The van der Waals surface area contributed by atoms with E-state index in [0.29, 0.717) is 6.54 Å². The molecule has 1 saturated heterocycles. The second kappa shape index (κ2) is 6.07. The molecule has 1 aliphatic heterocycles. The summed E-state index contributed by atoms with van der Waals surface area (Å²) in [5.74, 6) is 0.723. The summed E-state index contributed by atoms with van der Waals surface area (Å²) in [7, 11) is 0. The Balaban J connectivity index is 0.00000192. The Kier molecular flexibility index (Phi) is 4.81. The molecule has 1 amide bonds. The van der Waals surface area contributed by atoms with Crippen LogP contribution in [0.3, 0.4) is 0 Å². The van der Waals surface area contributed by atoms with Crippen LogP contribution in [0.1, 0.15) is 43.7 Å². The van der Waals surface area contributed by atoms with Crippen molar-refractivity contribution >= 4 is 18.3 Å². The van der Waals surface area contributed by atoms with Gasteiger partial charge in [-0.15, -0.1) is 12.4 Å². The molecular weight excluding hydrogens is 318 g/mol. The lowest BCUT2D eigenvalue weighted by atomic mass is 9.46. The van der Waals surface area contributed by atoms with Gasteiger partial charge in [-0.2, -0.15) is 0 Å². The SMILES string of the molecule is Cc1noc(C)c1CNC(=O)C1(N)C2CCCOC2C1(C)C.Cl. The Labute approximate surface area is 142 Å². The highest BCUT2D eigenvalue weighted by atomic mass is 35.5. The molecule has 1 aromatic heterocycles. The van der Waals surface area contributed by atoms with Crippen molar-refractivity contribution in [2.45, 2.75) is 58.7 Å². The summed E-state index contributed by atoms with van der Waals surface area (Å²) >= 11 is 0. The highest BCUT2D eigenvalue weighted by Crippen LogP contribution is 2.57. The van der Waals surface area contributed by atoms with Crippen molar-refractivity contribution in [1.82, 2.24) is 10.5 Å². The van der Waals surface area contributed by atoms with Gasteiger partial charge in [-0.25, -0.2) is 0 Å². The van der Waals surface area contributed by atoms with Gasteiger partial charge in [-0.05, 0) is 26.7 Å². The molecule has 3 rings (SSSR count). The lowest BCUT2D eigenvalue weighted by Crippen LogP contribution is -2.82. The van der Waals surface area contributed by atoms with Crippen LogP contribution in [0.25, 0.3) is 0 Å². The number of hydrogen-bond donors (Lipinski definition) is 2. The van der Waals surface area contributed by atoms with Gasteiger partial charge in [0.05, 0.1) is 11.8 Å². The van der Waals surface area contributed by atoms with Crippen molar-refractivity contribution in [3.63, 3.8) is 0 Å². The van der Waals surface area contributed by atoms with Crippen molar-refractivity contribution in [1.29, 1.82) is 0 Å². The van der Waals surface area contributed by atoms with Gasteiger partial charge in [-0.1, -0.05) is 19.0 Å². The molecular formula is C16H26ClN3O3. The van der Waals surface area contributed by atoms with Crippen LogP contribution in [0.4, 0.5) is 0 Å². The summed E-state index contributed by atoms with van der Waals surface area (Å²) in [6.07, 6.45) is 1.99. The van der Waals surface area contributed by atoms with Crippen molar-refractivity contribution in [2.24, 2.45) is 17.1 Å². The first-order valence-corrected chi connectivity index (χ1v) is 7.90. The number of aromatic nitrogens is 1. The second-order valence-electron chi connectivity index (χ2n) is 7.12. The minimum absolute atomic E-state index is 0. The van der Waals surface area contributed by atoms with Crippen LogP contribution in [0.5, 0.6) is 0 Å². The number of rotatable bonds is 3. The van der Waals surface area contributed by atoms with Crippen LogP contribution >= 0.6 is 12.4 Å². The highest BCUT2D eigenvalue weighted by Gasteiger charge is 2.70. The molecule has 0 aromatic carbocycles. The number of carbonyl (C=O) groups excluding carboxylic acids is 1. The molecule has 1 aromatic rings. The van der Waals surface area contributed by atoms with Gasteiger partial charge in [0.2, 0.25) is 5.91 Å². The van der Waals surface area contributed by atoms with Crippen molar-refractivity contribution in [2.75, 3.05) is 6.61 Å². The van der Waals surface area contributed by atoms with Gasteiger partial charge >= 0.3 is 0 Å². The average Bonchev–Trinajstić information content (AvgIpc) is 2.82. The lowest BCUT2D eigenvalue weighted by molar-refractivity contribution is -0.225. The third kappa shape index (κ3) is 2.47. The van der Waals surface area contributed by atoms with Gasteiger partial charge in [0.1, 0.15) is 11.3 Å². The zero-order valence-electron chi connectivity index (χ0n) is 14.1. The highest BCUT2D eigenvalue weighted by molar-refractivity contribution is 5.89. The Morgan fingerprint density at radius 2 is 2.13 bits per heavy atom. The van der Waals surface area contributed by atoms with E-state index in [1.54, 1.807) is 0 Å². The molecule has 0 spiro atoms. The van der Waals surface area contributed by atoms with Gasteiger partial charge in [0.25, 0.3) is 0 Å². The number of carbonyl (C=O) groups is 1. The van der Waals surface area contributed by atoms with Crippen LogP contribution in [0.2, 0.25) is 0 Å². The number of nitrogens with two attached hydrogens (primary N) is 1. The van der Waals surface area contributed by atoms with E-state index in [2.05, 4.69) is 10.5 Å². The van der Waals surface area contributed by atoms with Crippen LogP contribution in [0.15, 0.2) is 4.52 Å². The second-order valence-corrected chi connectivity index (χ2v) is 7.12. The fourth-order valence-corrected chi connectivity index (χ4v) is 4.11. The van der Waals surface area contributed by atoms with E-state index in [-0.39, 0.29) is 35.8 Å². The Morgan fingerprint density at radius 1 is 1.43 bits per heavy atom. The first-order valence-electron chi connectivity index (χ1n) is 7.90. The van der Waals surface area contributed by atoms with Gasteiger partial charge < -0.3 is 20.3 Å². The summed E-state index contributed by atoms with van der Waals surface area (Å²) in [5, 5.41) is 6.89. The molecule has 1 aliphatic carbocycles. The predicted molar refractivity (Wildman–Crippen MR) is 88.2 cm³/mol. The molecule has 2 heterocycles. The number of halogens is 1. The fourth-order valence-electron chi connectivity index (χ4n) is 4.11. The topological polar surface area (TPSA) is 90.4 Å². The van der Waals surface area contributed by atoms with E-state index >= 15 is 0 Å². The molecule has 6 nitrogen and oxygen atoms in total. The maximum absolute atomic E-state index is 12.8. The van der Waals surface area contributed by atoms with Gasteiger partial charge in [0.15, 0.2) is 0 Å². The van der Waals surface area contributed by atoms with E-state index in [1.807, 2.05) is 27.7 Å². The zero-order valence-corrected chi connectivity index (χ0v) is 15.0. The quantitative estimate of drug-likeness (QED) is 0.874. The van der Waals surface area contributed by atoms with Crippen LogP contribution < -0.4 is 11.1 Å². The molecule has 2 fully saturated rings. The summed E-state index contributed by atoms with van der Waals surface area (Å²) in [6, 6.07) is 0. The summed E-state index contributed by atoms with van der Waals surface area (Å²) < 4.78 is 11.0. The molecule has 7 heteroatoms. The van der Waals surface area contributed by atoms with Crippen molar-refractivity contribution < 1.29 is 14.1 Å². The third-order valence-electron chi connectivity index (χ3n) is 5.67. The van der Waals surface area contributed by atoms with E-state index < -0.39 is 5.54 Å². The minimum atomic E-state index is -0.878.